The van der Waals surface area contributed by atoms with Gasteiger partial charge in [0.15, 0.2) is 6.10 Å². The monoisotopic (exact) mass is 341 g/mol. The molecular formula is C17H16FN5O2. The number of carbonyl (C=O) groups excluding carboxylic acids is 1. The molecule has 128 valence electrons. The molecule has 3 rings (SSSR count). The Morgan fingerprint density at radius 2 is 1.92 bits per heavy atom. The van der Waals surface area contributed by atoms with Gasteiger partial charge in [-0.05, 0) is 59.3 Å². The van der Waals surface area contributed by atoms with Crippen LogP contribution < -0.4 is 10.1 Å². The zero-order valence-electron chi connectivity index (χ0n) is 13.5. The van der Waals surface area contributed by atoms with Crippen LogP contribution in [0.1, 0.15) is 12.5 Å². The first-order chi connectivity index (χ1) is 12.1. The Labute approximate surface area is 143 Å². The summed E-state index contributed by atoms with van der Waals surface area (Å²) in [6.45, 7) is 1.97. The number of rotatable bonds is 6. The smallest absolute Gasteiger partial charge is 0.261 e. The van der Waals surface area contributed by atoms with Crippen LogP contribution in [0.2, 0.25) is 0 Å². The van der Waals surface area contributed by atoms with Gasteiger partial charge in [-0.2, -0.15) is 0 Å². The Bertz CT molecular complexity index is 819. The molecular weight excluding hydrogens is 325 g/mol. The summed E-state index contributed by atoms with van der Waals surface area (Å²) in [6, 6.07) is 13.0. The predicted octanol–water partition coefficient (Wildman–Crippen LogP) is 1.89. The maximum absolute atomic E-state index is 12.9. The lowest BCUT2D eigenvalue weighted by Crippen LogP contribution is -2.35. The zero-order valence-corrected chi connectivity index (χ0v) is 13.5. The van der Waals surface area contributed by atoms with Crippen LogP contribution >= 0.6 is 0 Å². The average Bonchev–Trinajstić information content (AvgIpc) is 3.16. The van der Waals surface area contributed by atoms with Crippen molar-refractivity contribution in [1.82, 2.24) is 25.5 Å². The van der Waals surface area contributed by atoms with Gasteiger partial charge in [-0.25, -0.2) is 9.07 Å². The van der Waals surface area contributed by atoms with Gasteiger partial charge in [0, 0.05) is 6.54 Å². The highest BCUT2D eigenvalue weighted by molar-refractivity contribution is 5.80. The molecule has 1 atom stereocenters. The van der Waals surface area contributed by atoms with Crippen molar-refractivity contribution in [3.8, 4) is 11.4 Å². The standard InChI is InChI=1S/C17H16FN5O2/c1-12(17(24)19-10-13-2-4-14(18)5-3-13)25-16-8-6-15(7-9-16)23-11-20-21-22-23/h2-9,11-12H,10H2,1H3,(H,19,24)/t12-/m1/s1. The summed E-state index contributed by atoms with van der Waals surface area (Å²) in [5.74, 6) is -0.00738. The molecule has 7 nitrogen and oxygen atoms in total. The highest BCUT2D eigenvalue weighted by Gasteiger charge is 2.14. The lowest BCUT2D eigenvalue weighted by Gasteiger charge is -2.15. The van der Waals surface area contributed by atoms with E-state index in [1.54, 1.807) is 43.3 Å². The molecule has 0 spiro atoms. The van der Waals surface area contributed by atoms with Crippen LogP contribution in [-0.2, 0) is 11.3 Å². The second-order valence-corrected chi connectivity index (χ2v) is 5.35. The zero-order chi connectivity index (χ0) is 17.6. The van der Waals surface area contributed by atoms with E-state index in [0.29, 0.717) is 12.3 Å². The highest BCUT2D eigenvalue weighted by Crippen LogP contribution is 2.15. The van der Waals surface area contributed by atoms with Gasteiger partial charge in [-0.1, -0.05) is 12.1 Å². The fraction of sp³-hybridized carbons (Fsp3) is 0.176. The molecule has 0 unspecified atom stereocenters. The number of nitrogens with one attached hydrogen (secondary N) is 1. The number of hydrogen-bond acceptors (Lipinski definition) is 5. The Kier molecular flexibility index (Phi) is 4.98. The van der Waals surface area contributed by atoms with Gasteiger partial charge in [-0.15, -0.1) is 5.10 Å². The molecule has 0 aliphatic rings. The maximum Gasteiger partial charge on any atom is 0.261 e. The summed E-state index contributed by atoms with van der Waals surface area (Å²) < 4.78 is 20.0. The number of halogens is 1. The van der Waals surface area contributed by atoms with Crippen molar-refractivity contribution in [2.75, 3.05) is 0 Å². The second-order valence-electron chi connectivity index (χ2n) is 5.35. The van der Waals surface area contributed by atoms with Crippen LogP contribution in [0.25, 0.3) is 5.69 Å². The molecule has 3 aromatic rings. The van der Waals surface area contributed by atoms with Crippen LogP contribution in [0.5, 0.6) is 5.75 Å². The Hall–Kier alpha value is -3.29. The lowest BCUT2D eigenvalue weighted by molar-refractivity contribution is -0.127. The molecule has 1 N–H and O–H groups in total. The predicted molar refractivity (Wildman–Crippen MR) is 87.5 cm³/mol. The number of nitrogens with zero attached hydrogens (tertiary/aromatic N) is 4. The van der Waals surface area contributed by atoms with E-state index in [1.165, 1.54) is 23.1 Å². The summed E-state index contributed by atoms with van der Waals surface area (Å²) in [4.78, 5) is 12.1. The van der Waals surface area contributed by atoms with E-state index in [0.717, 1.165) is 11.3 Å². The molecule has 1 heterocycles. The molecule has 1 amide bonds. The van der Waals surface area contributed by atoms with E-state index in [1.807, 2.05) is 0 Å². The van der Waals surface area contributed by atoms with Crippen molar-refractivity contribution in [1.29, 1.82) is 0 Å². The van der Waals surface area contributed by atoms with Gasteiger partial charge in [0.2, 0.25) is 0 Å². The highest BCUT2D eigenvalue weighted by atomic mass is 19.1. The number of ether oxygens (including phenoxy) is 1. The summed E-state index contributed by atoms with van der Waals surface area (Å²) in [7, 11) is 0. The number of hydrogen-bond donors (Lipinski definition) is 1. The molecule has 0 saturated heterocycles. The molecule has 0 fully saturated rings. The fourth-order valence-corrected chi connectivity index (χ4v) is 2.15. The van der Waals surface area contributed by atoms with E-state index in [2.05, 4.69) is 20.8 Å². The van der Waals surface area contributed by atoms with E-state index < -0.39 is 6.10 Å². The number of aromatic nitrogens is 4. The van der Waals surface area contributed by atoms with E-state index in [9.17, 15) is 9.18 Å². The first-order valence-electron chi connectivity index (χ1n) is 7.64. The average molecular weight is 341 g/mol. The normalized spacial score (nSPS) is 11.8. The van der Waals surface area contributed by atoms with Crippen LogP contribution in [0, 0.1) is 5.82 Å². The van der Waals surface area contributed by atoms with Gasteiger partial charge in [0.05, 0.1) is 5.69 Å². The number of amides is 1. The molecule has 0 aliphatic carbocycles. The van der Waals surface area contributed by atoms with Gasteiger partial charge < -0.3 is 10.1 Å². The minimum absolute atomic E-state index is 0.256. The number of benzene rings is 2. The van der Waals surface area contributed by atoms with Gasteiger partial charge in [0.1, 0.15) is 17.9 Å². The fourth-order valence-electron chi connectivity index (χ4n) is 2.15. The van der Waals surface area contributed by atoms with Crippen molar-refractivity contribution in [3.05, 3.63) is 66.2 Å². The maximum atomic E-state index is 12.9. The summed E-state index contributed by atoms with van der Waals surface area (Å²) in [5, 5.41) is 13.7. The van der Waals surface area contributed by atoms with Crippen LogP contribution in [0.15, 0.2) is 54.9 Å². The van der Waals surface area contributed by atoms with Gasteiger partial charge >= 0.3 is 0 Å². The minimum Gasteiger partial charge on any atom is -0.481 e. The quantitative estimate of drug-likeness (QED) is 0.740. The van der Waals surface area contributed by atoms with Gasteiger partial charge in [0.25, 0.3) is 5.91 Å². The third-order valence-electron chi connectivity index (χ3n) is 3.51. The lowest BCUT2D eigenvalue weighted by atomic mass is 10.2. The van der Waals surface area contributed by atoms with Crippen LogP contribution in [0.4, 0.5) is 4.39 Å². The van der Waals surface area contributed by atoms with Crippen molar-refractivity contribution in [2.24, 2.45) is 0 Å². The molecule has 2 aromatic carbocycles. The minimum atomic E-state index is -0.667. The molecule has 0 aliphatic heterocycles. The van der Waals surface area contributed by atoms with Crippen LogP contribution in [-0.4, -0.2) is 32.2 Å². The van der Waals surface area contributed by atoms with E-state index in [4.69, 9.17) is 4.74 Å². The van der Waals surface area contributed by atoms with Crippen LogP contribution in [0.3, 0.4) is 0 Å². The Morgan fingerprint density at radius 1 is 1.20 bits per heavy atom. The summed E-state index contributed by atoms with van der Waals surface area (Å²) >= 11 is 0. The van der Waals surface area contributed by atoms with Crippen molar-refractivity contribution >= 4 is 5.91 Å². The molecule has 1 aromatic heterocycles. The Morgan fingerprint density at radius 3 is 2.56 bits per heavy atom. The van der Waals surface area contributed by atoms with Crippen molar-refractivity contribution in [2.45, 2.75) is 19.6 Å². The molecule has 25 heavy (non-hydrogen) atoms. The Balaban J connectivity index is 1.53. The molecule has 0 radical (unpaired) electrons. The van der Waals surface area contributed by atoms with E-state index >= 15 is 0 Å². The molecule has 0 bridgehead atoms. The van der Waals surface area contributed by atoms with Crippen molar-refractivity contribution in [3.63, 3.8) is 0 Å². The first kappa shape index (κ1) is 16.6. The largest absolute Gasteiger partial charge is 0.481 e. The number of carbonyl (C=O) groups is 1. The number of tetrazole rings is 1. The van der Waals surface area contributed by atoms with E-state index in [-0.39, 0.29) is 11.7 Å². The molecule has 8 heteroatoms. The first-order valence-corrected chi connectivity index (χ1v) is 7.64. The second kappa shape index (κ2) is 7.52. The topological polar surface area (TPSA) is 81.9 Å². The summed E-state index contributed by atoms with van der Waals surface area (Å²) in [5.41, 5.74) is 1.60. The summed E-state index contributed by atoms with van der Waals surface area (Å²) in [6.07, 6.45) is 0.820. The SMILES string of the molecule is C[C@@H](Oc1ccc(-n2cnnn2)cc1)C(=O)NCc1ccc(F)cc1. The molecule has 0 saturated carbocycles. The van der Waals surface area contributed by atoms with Gasteiger partial charge in [-0.3, -0.25) is 4.79 Å². The third kappa shape index (κ3) is 4.37. The third-order valence-corrected chi connectivity index (χ3v) is 3.51. The van der Waals surface area contributed by atoms with Crippen molar-refractivity contribution < 1.29 is 13.9 Å².